The van der Waals surface area contributed by atoms with Crippen molar-refractivity contribution in [3.05, 3.63) is 24.3 Å². The van der Waals surface area contributed by atoms with E-state index < -0.39 is 27.8 Å². The fourth-order valence-corrected chi connectivity index (χ4v) is 3.14. The van der Waals surface area contributed by atoms with Crippen molar-refractivity contribution in [2.24, 2.45) is 0 Å². The number of hydrogen-bond donors (Lipinski definition) is 1. The van der Waals surface area contributed by atoms with Crippen molar-refractivity contribution in [2.75, 3.05) is 0 Å². The van der Waals surface area contributed by atoms with Gasteiger partial charge in [-0.2, -0.15) is 13.2 Å². The van der Waals surface area contributed by atoms with Crippen molar-refractivity contribution >= 4 is 10.0 Å². The first kappa shape index (κ1) is 18.8. The first-order valence-corrected chi connectivity index (χ1v) is 8.24. The van der Waals surface area contributed by atoms with E-state index >= 15 is 0 Å². The zero-order valence-corrected chi connectivity index (χ0v) is 13.7. The van der Waals surface area contributed by atoms with Crippen LogP contribution in [-0.2, 0) is 10.0 Å². The summed E-state index contributed by atoms with van der Waals surface area (Å²) in [6, 6.07) is 5.27. The molecule has 1 rings (SSSR count). The Hall–Kier alpha value is -1.28. The van der Waals surface area contributed by atoms with Crippen LogP contribution in [0, 0.1) is 0 Å². The predicted octanol–water partition coefficient (Wildman–Crippen LogP) is 3.48. The maximum Gasteiger partial charge on any atom is 0.425 e. The van der Waals surface area contributed by atoms with Gasteiger partial charge in [0.2, 0.25) is 10.0 Å². The molecule has 0 radical (unpaired) electrons. The summed E-state index contributed by atoms with van der Waals surface area (Å²) in [6.45, 7) is 6.00. The van der Waals surface area contributed by atoms with Crippen molar-refractivity contribution in [1.82, 2.24) is 4.72 Å². The molecule has 0 fully saturated rings. The van der Waals surface area contributed by atoms with Gasteiger partial charge in [0, 0.05) is 5.54 Å². The molecular formula is C14H20F3NO3S. The molecule has 22 heavy (non-hydrogen) atoms. The van der Waals surface area contributed by atoms with E-state index in [0.717, 1.165) is 6.92 Å². The molecule has 0 aliphatic carbocycles. The molecule has 0 saturated heterocycles. The third-order valence-corrected chi connectivity index (χ3v) is 4.94. The normalized spacial score (nSPS) is 14.7. The minimum absolute atomic E-state index is 0.312. The van der Waals surface area contributed by atoms with E-state index in [1.807, 2.05) is 0 Å². The number of alkyl halides is 3. The van der Waals surface area contributed by atoms with Gasteiger partial charge in [-0.1, -0.05) is 19.1 Å². The average molecular weight is 339 g/mol. The second-order valence-corrected chi connectivity index (χ2v) is 7.24. The average Bonchev–Trinajstić information content (AvgIpc) is 2.37. The summed E-state index contributed by atoms with van der Waals surface area (Å²) in [6.07, 6.45) is -6.16. The van der Waals surface area contributed by atoms with Gasteiger partial charge in [0.05, 0.1) is 0 Å². The van der Waals surface area contributed by atoms with Gasteiger partial charge in [-0.05, 0) is 39.3 Å². The molecule has 126 valence electrons. The quantitative estimate of drug-likeness (QED) is 0.863. The smallest absolute Gasteiger partial charge is 0.425 e. The van der Waals surface area contributed by atoms with E-state index in [1.54, 1.807) is 20.8 Å². The van der Waals surface area contributed by atoms with E-state index in [2.05, 4.69) is 4.72 Å². The van der Waals surface area contributed by atoms with E-state index in [4.69, 9.17) is 4.74 Å². The minimum Gasteiger partial charge on any atom is -0.480 e. The van der Waals surface area contributed by atoms with Gasteiger partial charge in [0.1, 0.15) is 10.6 Å². The molecule has 1 unspecified atom stereocenters. The number of para-hydroxylation sites is 1. The highest BCUT2D eigenvalue weighted by Crippen LogP contribution is 2.30. The van der Waals surface area contributed by atoms with E-state index in [-0.39, 0.29) is 10.6 Å². The number of benzene rings is 1. The van der Waals surface area contributed by atoms with E-state index in [0.29, 0.717) is 6.42 Å². The Balaban J connectivity index is 3.16. The lowest BCUT2D eigenvalue weighted by Gasteiger charge is -2.25. The summed E-state index contributed by atoms with van der Waals surface area (Å²) < 4.78 is 69.8. The maximum absolute atomic E-state index is 12.6. The molecule has 0 aliphatic rings. The van der Waals surface area contributed by atoms with Crippen molar-refractivity contribution in [1.29, 1.82) is 0 Å². The molecule has 0 aromatic heterocycles. The fourth-order valence-electron chi connectivity index (χ4n) is 1.52. The largest absolute Gasteiger partial charge is 0.480 e. The van der Waals surface area contributed by atoms with Crippen molar-refractivity contribution in [3.8, 4) is 5.75 Å². The number of rotatable bonds is 6. The summed E-state index contributed by atoms with van der Waals surface area (Å²) >= 11 is 0. The maximum atomic E-state index is 12.6. The highest BCUT2D eigenvalue weighted by atomic mass is 32.2. The van der Waals surface area contributed by atoms with Crippen LogP contribution in [0.15, 0.2) is 29.2 Å². The Morgan fingerprint density at radius 3 is 2.27 bits per heavy atom. The molecular weight excluding hydrogens is 319 g/mol. The lowest BCUT2D eigenvalue weighted by Crippen LogP contribution is -2.43. The van der Waals surface area contributed by atoms with Crippen molar-refractivity contribution in [2.45, 2.75) is 56.8 Å². The minimum atomic E-state index is -4.58. The van der Waals surface area contributed by atoms with Gasteiger partial charge in [-0.15, -0.1) is 0 Å². The molecule has 0 saturated carbocycles. The molecule has 1 atom stereocenters. The van der Waals surface area contributed by atoms with Gasteiger partial charge in [0.25, 0.3) is 0 Å². The van der Waals surface area contributed by atoms with Gasteiger partial charge in [-0.3, -0.25) is 0 Å². The lowest BCUT2D eigenvalue weighted by atomic mass is 10.0. The monoisotopic (exact) mass is 339 g/mol. The second kappa shape index (κ2) is 6.45. The zero-order chi connectivity index (χ0) is 17.2. The van der Waals surface area contributed by atoms with E-state index in [9.17, 15) is 21.6 Å². The summed E-state index contributed by atoms with van der Waals surface area (Å²) in [5.74, 6) is -0.327. The summed E-state index contributed by atoms with van der Waals surface area (Å²) in [7, 11) is -3.99. The molecule has 0 spiro atoms. The molecule has 1 aromatic rings. The number of hydrogen-bond acceptors (Lipinski definition) is 3. The van der Waals surface area contributed by atoms with E-state index in [1.165, 1.54) is 24.3 Å². The van der Waals surface area contributed by atoms with Crippen LogP contribution >= 0.6 is 0 Å². The lowest BCUT2D eigenvalue weighted by molar-refractivity contribution is -0.189. The molecule has 8 heteroatoms. The third kappa shape index (κ3) is 4.88. The van der Waals surface area contributed by atoms with Crippen LogP contribution in [0.2, 0.25) is 0 Å². The summed E-state index contributed by atoms with van der Waals surface area (Å²) in [5, 5.41) is 0. The molecule has 0 aliphatic heterocycles. The highest BCUT2D eigenvalue weighted by Gasteiger charge is 2.39. The van der Waals surface area contributed by atoms with Crippen molar-refractivity contribution in [3.63, 3.8) is 0 Å². The van der Waals surface area contributed by atoms with Crippen LogP contribution < -0.4 is 9.46 Å². The molecule has 0 amide bonds. The Morgan fingerprint density at radius 2 is 1.77 bits per heavy atom. The third-order valence-electron chi connectivity index (χ3n) is 3.20. The Kier molecular flexibility index (Phi) is 5.51. The van der Waals surface area contributed by atoms with Gasteiger partial charge in [0.15, 0.2) is 6.10 Å². The standard InChI is InChI=1S/C14H20F3NO3S/c1-5-13(3,4)18-22(19,20)12-9-7-6-8-11(12)21-10(2)14(15,16)17/h6-10,18H,5H2,1-4H3. The van der Waals surface area contributed by atoms with Crippen molar-refractivity contribution < 1.29 is 26.3 Å². The van der Waals surface area contributed by atoms with Crippen LogP contribution in [0.25, 0.3) is 0 Å². The number of halogens is 3. The predicted molar refractivity (Wildman–Crippen MR) is 77.3 cm³/mol. The van der Waals surface area contributed by atoms with Crippen LogP contribution in [0.1, 0.15) is 34.1 Å². The van der Waals surface area contributed by atoms with Crippen LogP contribution in [-0.4, -0.2) is 26.2 Å². The Labute approximate surface area is 128 Å². The Bertz CT molecular complexity index is 612. The van der Waals surface area contributed by atoms with Gasteiger partial charge in [-0.25, -0.2) is 13.1 Å². The topological polar surface area (TPSA) is 55.4 Å². The Morgan fingerprint density at radius 1 is 1.23 bits per heavy atom. The summed E-state index contributed by atoms with van der Waals surface area (Å²) in [5.41, 5.74) is -0.721. The van der Waals surface area contributed by atoms with Gasteiger partial charge < -0.3 is 4.74 Å². The molecule has 1 N–H and O–H groups in total. The van der Waals surface area contributed by atoms with Crippen LogP contribution in [0.4, 0.5) is 13.2 Å². The first-order valence-electron chi connectivity index (χ1n) is 6.75. The second-order valence-electron chi connectivity index (χ2n) is 5.59. The fraction of sp³-hybridized carbons (Fsp3) is 0.571. The number of nitrogens with one attached hydrogen (secondary N) is 1. The van der Waals surface area contributed by atoms with Crippen LogP contribution in [0.5, 0.6) is 5.75 Å². The van der Waals surface area contributed by atoms with Gasteiger partial charge >= 0.3 is 6.18 Å². The molecule has 0 bridgehead atoms. The SMILES string of the molecule is CCC(C)(C)NS(=O)(=O)c1ccccc1OC(C)C(F)(F)F. The first-order chi connectivity index (χ1) is 9.89. The molecule has 1 aromatic carbocycles. The molecule has 4 nitrogen and oxygen atoms in total. The zero-order valence-electron chi connectivity index (χ0n) is 12.9. The molecule has 0 heterocycles. The highest BCUT2D eigenvalue weighted by molar-refractivity contribution is 7.89. The summed E-state index contributed by atoms with van der Waals surface area (Å²) in [4.78, 5) is -0.312. The number of sulfonamides is 1. The van der Waals surface area contributed by atoms with Crippen LogP contribution in [0.3, 0.4) is 0 Å². The number of ether oxygens (including phenoxy) is 1.